The van der Waals surface area contributed by atoms with Gasteiger partial charge < -0.3 is 19.4 Å². The molecule has 0 spiro atoms. The fourth-order valence-electron chi connectivity index (χ4n) is 3.63. The van der Waals surface area contributed by atoms with Crippen molar-refractivity contribution < 1.29 is 13.9 Å². The van der Waals surface area contributed by atoms with Gasteiger partial charge in [0.05, 0.1) is 12.2 Å². The summed E-state index contributed by atoms with van der Waals surface area (Å²) < 4.78 is 11.7. The molecule has 168 valence electrons. The number of rotatable bonds is 4. The summed E-state index contributed by atoms with van der Waals surface area (Å²) in [5.74, 6) is 1.72. The molecule has 8 heteroatoms. The Morgan fingerprint density at radius 1 is 1.31 bits per heavy atom. The molecule has 0 aliphatic carbocycles. The van der Waals surface area contributed by atoms with Gasteiger partial charge in [-0.3, -0.25) is 9.79 Å². The summed E-state index contributed by atoms with van der Waals surface area (Å²) in [5, 5.41) is 4.45. The Morgan fingerprint density at radius 3 is 2.78 bits per heavy atom. The monoisotopic (exact) mass is 454 g/mol. The Labute approximate surface area is 193 Å². The Bertz CT molecular complexity index is 1210. The number of pyridine rings is 1. The fraction of sp³-hybridized carbons (Fsp3) is 0.292. The van der Waals surface area contributed by atoms with Crippen molar-refractivity contribution in [1.29, 1.82) is 0 Å². The van der Waals surface area contributed by atoms with E-state index in [0.29, 0.717) is 18.3 Å². The minimum absolute atomic E-state index is 0. The first-order chi connectivity index (χ1) is 14.8. The van der Waals surface area contributed by atoms with E-state index < -0.39 is 5.54 Å². The second-order valence-corrected chi connectivity index (χ2v) is 8.18. The first-order valence-corrected chi connectivity index (χ1v) is 10.1. The highest BCUT2D eigenvalue weighted by atomic mass is 35.5. The highest BCUT2D eigenvalue weighted by molar-refractivity contribution is 5.94. The number of carbonyl (C=O) groups is 1. The molecule has 0 saturated heterocycles. The van der Waals surface area contributed by atoms with E-state index in [4.69, 9.17) is 9.15 Å². The van der Waals surface area contributed by atoms with Crippen molar-refractivity contribution >= 4 is 46.9 Å². The van der Waals surface area contributed by atoms with Crippen molar-refractivity contribution in [3.63, 3.8) is 0 Å². The summed E-state index contributed by atoms with van der Waals surface area (Å²) in [4.78, 5) is 22.8. The lowest BCUT2D eigenvalue weighted by atomic mass is 10.0. The van der Waals surface area contributed by atoms with Gasteiger partial charge in [-0.2, -0.15) is 0 Å². The zero-order chi connectivity index (χ0) is 22.2. The molecule has 0 atom stereocenters. The van der Waals surface area contributed by atoms with Crippen molar-refractivity contribution in [3.8, 4) is 5.88 Å². The van der Waals surface area contributed by atoms with Gasteiger partial charge in [0, 0.05) is 37.3 Å². The van der Waals surface area contributed by atoms with E-state index in [1.807, 2.05) is 51.1 Å². The van der Waals surface area contributed by atoms with Crippen LogP contribution < -0.4 is 10.1 Å². The minimum atomic E-state index is -0.438. The van der Waals surface area contributed by atoms with Crippen LogP contribution in [0, 0.1) is 6.92 Å². The largest absolute Gasteiger partial charge is 0.459 e. The average molecular weight is 455 g/mol. The average Bonchev–Trinajstić information content (AvgIpc) is 3.06. The smallest absolute Gasteiger partial charge is 0.246 e. The number of amides is 1. The summed E-state index contributed by atoms with van der Waals surface area (Å²) in [7, 11) is 3.45. The summed E-state index contributed by atoms with van der Waals surface area (Å²) in [6, 6.07) is 9.79. The Balaban J connectivity index is 0.00000289. The van der Waals surface area contributed by atoms with Crippen LogP contribution in [-0.2, 0) is 11.3 Å². The molecule has 4 rings (SSSR count). The summed E-state index contributed by atoms with van der Waals surface area (Å²) in [5.41, 5.74) is 3.01. The molecule has 1 aliphatic rings. The highest BCUT2D eigenvalue weighted by Crippen LogP contribution is 2.32. The van der Waals surface area contributed by atoms with E-state index >= 15 is 0 Å². The molecule has 0 fully saturated rings. The maximum absolute atomic E-state index is 12.6. The molecule has 7 nitrogen and oxygen atoms in total. The second kappa shape index (κ2) is 9.04. The Morgan fingerprint density at radius 2 is 2.06 bits per heavy atom. The number of aliphatic imine (C=N–C) groups is 1. The van der Waals surface area contributed by atoms with Crippen molar-refractivity contribution in [2.24, 2.45) is 4.99 Å². The molecule has 2 aromatic heterocycles. The van der Waals surface area contributed by atoms with Crippen molar-refractivity contribution in [2.45, 2.75) is 32.9 Å². The number of anilines is 1. The number of hydrogen-bond acceptors (Lipinski definition) is 6. The third-order valence-corrected chi connectivity index (χ3v) is 5.37. The second-order valence-electron chi connectivity index (χ2n) is 8.18. The number of benzene rings is 1. The quantitative estimate of drug-likeness (QED) is 0.570. The van der Waals surface area contributed by atoms with E-state index in [0.717, 1.165) is 33.5 Å². The number of hydrogen-bond donors (Lipinski definition) is 1. The van der Waals surface area contributed by atoms with Crippen LogP contribution in [0.5, 0.6) is 5.88 Å². The number of likely N-dealkylation sites (N-methyl/N-ethyl adjacent to an activating group) is 1. The van der Waals surface area contributed by atoms with Gasteiger partial charge in [0.1, 0.15) is 16.9 Å². The van der Waals surface area contributed by atoms with Crippen LogP contribution in [0.15, 0.2) is 52.0 Å². The molecule has 1 amide bonds. The van der Waals surface area contributed by atoms with E-state index in [-0.39, 0.29) is 18.3 Å². The van der Waals surface area contributed by atoms with Gasteiger partial charge in [-0.15, -0.1) is 12.4 Å². The number of ether oxygens (including phenoxy) is 1. The number of nitrogens with one attached hydrogen (secondary N) is 1. The third-order valence-electron chi connectivity index (χ3n) is 5.37. The zero-order valence-electron chi connectivity index (χ0n) is 18.8. The highest BCUT2D eigenvalue weighted by Gasteiger charge is 2.33. The maximum atomic E-state index is 12.6. The van der Waals surface area contributed by atoms with Crippen LogP contribution in [0.2, 0.25) is 0 Å². The molecule has 32 heavy (non-hydrogen) atoms. The van der Waals surface area contributed by atoms with Crippen LogP contribution >= 0.6 is 12.4 Å². The number of para-hydroxylation sites is 1. The van der Waals surface area contributed by atoms with E-state index in [1.54, 1.807) is 31.3 Å². The lowest BCUT2D eigenvalue weighted by molar-refractivity contribution is -0.125. The molecular weight excluding hydrogens is 428 g/mol. The molecule has 0 unspecified atom stereocenters. The number of furan rings is 1. The third kappa shape index (κ3) is 4.48. The summed E-state index contributed by atoms with van der Waals surface area (Å²) in [6.45, 7) is 6.38. The normalized spacial score (nSPS) is 15.7. The van der Waals surface area contributed by atoms with Crippen molar-refractivity contribution in [2.75, 3.05) is 19.4 Å². The number of nitrogens with zero attached hydrogens (tertiary/aromatic N) is 3. The molecule has 0 bridgehead atoms. The van der Waals surface area contributed by atoms with Crippen LogP contribution in [-0.4, -0.2) is 41.3 Å². The number of aromatic nitrogens is 1. The Kier molecular flexibility index (Phi) is 6.60. The van der Waals surface area contributed by atoms with Gasteiger partial charge in [0.15, 0.2) is 0 Å². The zero-order valence-corrected chi connectivity index (χ0v) is 19.6. The van der Waals surface area contributed by atoms with E-state index in [2.05, 4.69) is 15.3 Å². The molecule has 1 aliphatic heterocycles. The predicted octanol–water partition coefficient (Wildman–Crippen LogP) is 4.84. The van der Waals surface area contributed by atoms with E-state index in [1.165, 1.54) is 6.08 Å². The molecule has 3 aromatic rings. The maximum Gasteiger partial charge on any atom is 0.246 e. The summed E-state index contributed by atoms with van der Waals surface area (Å²) in [6.07, 6.45) is 4.95. The van der Waals surface area contributed by atoms with Crippen LogP contribution in [0.1, 0.15) is 30.7 Å². The topological polar surface area (TPSA) is 80.0 Å². The number of halogens is 1. The number of aryl methyl sites for hydroxylation is 1. The van der Waals surface area contributed by atoms with Gasteiger partial charge in [-0.1, -0.05) is 18.2 Å². The standard InChI is InChI=1S/C24H26N4O3.ClH/c1-15-17-8-6-7-9-19(17)30-20(15)14-28(5)21(29)11-10-16-12-18-22(26-13-16)31-23(25-4)24(2,3)27-18;/h6-13,27H,14H2,1-5H3;1H/b11-10+,25-23+;. The molecule has 3 heterocycles. The van der Waals surface area contributed by atoms with Gasteiger partial charge in [0.2, 0.25) is 17.7 Å². The van der Waals surface area contributed by atoms with Crippen LogP contribution in [0.4, 0.5) is 5.69 Å². The van der Waals surface area contributed by atoms with Crippen LogP contribution in [0.25, 0.3) is 17.0 Å². The van der Waals surface area contributed by atoms with Crippen molar-refractivity contribution in [1.82, 2.24) is 9.88 Å². The molecule has 0 saturated carbocycles. The number of fused-ring (bicyclic) bond motifs is 2. The van der Waals surface area contributed by atoms with Crippen LogP contribution in [0.3, 0.4) is 0 Å². The van der Waals surface area contributed by atoms with Gasteiger partial charge in [0.25, 0.3) is 0 Å². The molecule has 1 aromatic carbocycles. The van der Waals surface area contributed by atoms with Gasteiger partial charge in [-0.25, -0.2) is 4.98 Å². The van der Waals surface area contributed by atoms with Crippen molar-refractivity contribution in [3.05, 3.63) is 59.5 Å². The Hall–Kier alpha value is -3.32. The minimum Gasteiger partial charge on any atom is -0.459 e. The number of carbonyl (C=O) groups excluding carboxylic acids is 1. The first kappa shape index (κ1) is 23.3. The lowest BCUT2D eigenvalue weighted by Gasteiger charge is -2.33. The SMILES string of the molecule is C/N=C1/Oc2ncc(/C=C/C(=O)N(C)Cc3oc4ccccc4c3C)cc2NC1(C)C.Cl. The summed E-state index contributed by atoms with van der Waals surface area (Å²) >= 11 is 0. The van der Waals surface area contributed by atoms with E-state index in [9.17, 15) is 4.79 Å². The lowest BCUT2D eigenvalue weighted by Crippen LogP contribution is -2.46. The molecule has 1 N–H and O–H groups in total. The molecular formula is C24H27ClN4O3. The van der Waals surface area contributed by atoms with Gasteiger partial charge in [-0.05, 0) is 44.5 Å². The molecule has 0 radical (unpaired) electrons. The predicted molar refractivity (Wildman–Crippen MR) is 130 cm³/mol. The first-order valence-electron chi connectivity index (χ1n) is 10.1. The fourth-order valence-corrected chi connectivity index (χ4v) is 3.63. The van der Waals surface area contributed by atoms with Gasteiger partial charge >= 0.3 is 0 Å².